The van der Waals surface area contributed by atoms with Crippen molar-refractivity contribution in [3.8, 4) is 5.75 Å². The Morgan fingerprint density at radius 1 is 1.22 bits per heavy atom. The number of nitrogen functional groups attached to an aromatic ring is 1. The number of halogens is 3. The van der Waals surface area contributed by atoms with Gasteiger partial charge in [0.15, 0.2) is 6.10 Å². The molecule has 2 rings (SSSR count). The van der Waals surface area contributed by atoms with Crippen LogP contribution in [0.5, 0.6) is 5.75 Å². The summed E-state index contributed by atoms with van der Waals surface area (Å²) in [5.41, 5.74) is 7.21. The van der Waals surface area contributed by atoms with Crippen molar-refractivity contribution >= 4 is 34.9 Å². The molecule has 0 fully saturated rings. The fraction of sp³-hybridized carbons (Fsp3) is 0.222. The van der Waals surface area contributed by atoms with E-state index in [4.69, 9.17) is 22.1 Å². The summed E-state index contributed by atoms with van der Waals surface area (Å²) in [6.45, 7) is 0.110. The van der Waals surface area contributed by atoms with Gasteiger partial charge in [-0.2, -0.15) is 8.78 Å². The number of amides is 1. The quantitative estimate of drug-likeness (QED) is 0.566. The molecule has 0 aliphatic heterocycles. The van der Waals surface area contributed by atoms with Crippen molar-refractivity contribution in [2.45, 2.75) is 26.6 Å². The lowest BCUT2D eigenvalue weighted by Gasteiger charge is -2.15. The molecular formula is C18H17ClF2N2O4. The molecule has 0 heterocycles. The molecule has 0 aliphatic rings. The summed E-state index contributed by atoms with van der Waals surface area (Å²) >= 11 is 5.82. The van der Waals surface area contributed by atoms with Crippen LogP contribution in [-0.2, 0) is 9.53 Å². The van der Waals surface area contributed by atoms with Gasteiger partial charge in [0.05, 0.1) is 10.6 Å². The summed E-state index contributed by atoms with van der Waals surface area (Å²) in [5, 5.41) is 2.36. The number of hydrogen-bond donors (Lipinski definition) is 2. The summed E-state index contributed by atoms with van der Waals surface area (Å²) in [4.78, 5) is 24.4. The number of hydrogen-bond acceptors (Lipinski definition) is 5. The number of carbonyl (C=O) groups is 2. The summed E-state index contributed by atoms with van der Waals surface area (Å²) < 4.78 is 33.8. The molecule has 9 heteroatoms. The first-order valence-corrected chi connectivity index (χ1v) is 8.18. The van der Waals surface area contributed by atoms with Crippen molar-refractivity contribution in [2.75, 3.05) is 11.1 Å². The van der Waals surface area contributed by atoms with Crippen LogP contribution in [0.1, 0.15) is 22.8 Å². The number of nitrogens with one attached hydrogen (secondary N) is 1. The lowest BCUT2D eigenvalue weighted by molar-refractivity contribution is -0.123. The Balaban J connectivity index is 2.02. The monoisotopic (exact) mass is 398 g/mol. The van der Waals surface area contributed by atoms with Gasteiger partial charge in [0.2, 0.25) is 0 Å². The lowest BCUT2D eigenvalue weighted by atomic mass is 10.1. The number of carbonyl (C=O) groups excluding carboxylic acids is 2. The summed E-state index contributed by atoms with van der Waals surface area (Å²) in [6.07, 6.45) is -1.13. The number of para-hydroxylation sites is 1. The molecular weight excluding hydrogens is 382 g/mol. The Kier molecular flexibility index (Phi) is 6.57. The Bertz CT molecular complexity index is 861. The number of nitrogens with two attached hydrogens (primary N) is 1. The van der Waals surface area contributed by atoms with Crippen molar-refractivity contribution in [1.82, 2.24) is 0 Å². The topological polar surface area (TPSA) is 90.7 Å². The summed E-state index contributed by atoms with van der Waals surface area (Å²) in [6, 6.07) is 8.65. The van der Waals surface area contributed by atoms with Crippen LogP contribution in [0.2, 0.25) is 5.02 Å². The van der Waals surface area contributed by atoms with E-state index in [0.717, 1.165) is 0 Å². The van der Waals surface area contributed by atoms with E-state index in [2.05, 4.69) is 10.1 Å². The average molecular weight is 399 g/mol. The Morgan fingerprint density at radius 2 is 1.93 bits per heavy atom. The van der Waals surface area contributed by atoms with E-state index in [1.807, 2.05) is 0 Å². The molecule has 3 N–H and O–H groups in total. The van der Waals surface area contributed by atoms with E-state index in [1.165, 1.54) is 31.2 Å². The number of esters is 1. The molecule has 2 aromatic carbocycles. The van der Waals surface area contributed by atoms with Gasteiger partial charge in [-0.25, -0.2) is 4.79 Å². The third-order valence-corrected chi connectivity index (χ3v) is 3.91. The van der Waals surface area contributed by atoms with Gasteiger partial charge in [-0.05, 0) is 43.7 Å². The molecule has 0 saturated heterocycles. The standard InChI is InChI=1S/C18H17ClF2N2O4/c1-9-4-3-5-12(15(9)22)17(25)26-10(2)16(24)23-11-6-7-14(13(19)8-11)27-18(20)21/h3-8,10,18H,22H2,1-2H3,(H,23,24). The van der Waals surface area contributed by atoms with Gasteiger partial charge in [-0.1, -0.05) is 23.7 Å². The van der Waals surface area contributed by atoms with Crippen LogP contribution >= 0.6 is 11.6 Å². The fourth-order valence-corrected chi connectivity index (χ4v) is 2.38. The molecule has 144 valence electrons. The maximum atomic E-state index is 12.2. The molecule has 6 nitrogen and oxygen atoms in total. The second-order valence-corrected chi connectivity index (χ2v) is 6.00. The van der Waals surface area contributed by atoms with E-state index >= 15 is 0 Å². The predicted molar refractivity (Wildman–Crippen MR) is 97.2 cm³/mol. The molecule has 0 bridgehead atoms. The second kappa shape index (κ2) is 8.68. The van der Waals surface area contributed by atoms with Gasteiger partial charge in [-0.3, -0.25) is 4.79 Å². The molecule has 0 radical (unpaired) electrons. The highest BCUT2D eigenvalue weighted by Gasteiger charge is 2.21. The van der Waals surface area contributed by atoms with Crippen molar-refractivity contribution in [3.63, 3.8) is 0 Å². The third-order valence-electron chi connectivity index (χ3n) is 3.61. The van der Waals surface area contributed by atoms with Crippen LogP contribution in [0.15, 0.2) is 36.4 Å². The van der Waals surface area contributed by atoms with Crippen molar-refractivity contribution in [1.29, 1.82) is 0 Å². The van der Waals surface area contributed by atoms with Gasteiger partial charge in [0.1, 0.15) is 5.75 Å². The molecule has 2 aromatic rings. The average Bonchev–Trinajstić information content (AvgIpc) is 2.59. The van der Waals surface area contributed by atoms with Gasteiger partial charge in [0.25, 0.3) is 5.91 Å². The Hall–Kier alpha value is -2.87. The Labute approximate surface area is 159 Å². The largest absolute Gasteiger partial charge is 0.449 e. The minimum Gasteiger partial charge on any atom is -0.449 e. The van der Waals surface area contributed by atoms with Gasteiger partial charge >= 0.3 is 12.6 Å². The number of ether oxygens (including phenoxy) is 2. The molecule has 1 atom stereocenters. The molecule has 0 saturated carbocycles. The fourth-order valence-electron chi connectivity index (χ4n) is 2.15. The number of aryl methyl sites for hydroxylation is 1. The molecule has 0 aromatic heterocycles. The van der Waals surface area contributed by atoms with Crippen LogP contribution in [0.25, 0.3) is 0 Å². The van der Waals surface area contributed by atoms with Crippen LogP contribution in [-0.4, -0.2) is 24.6 Å². The minimum absolute atomic E-state index is 0.106. The van der Waals surface area contributed by atoms with Crippen molar-refractivity contribution in [2.24, 2.45) is 0 Å². The van der Waals surface area contributed by atoms with Gasteiger partial charge in [-0.15, -0.1) is 0 Å². The van der Waals surface area contributed by atoms with Crippen molar-refractivity contribution < 1.29 is 27.8 Å². The molecule has 1 unspecified atom stereocenters. The zero-order chi connectivity index (χ0) is 20.1. The number of anilines is 2. The first-order chi connectivity index (χ1) is 12.7. The van der Waals surface area contributed by atoms with E-state index in [9.17, 15) is 18.4 Å². The highest BCUT2D eigenvalue weighted by molar-refractivity contribution is 6.32. The second-order valence-electron chi connectivity index (χ2n) is 5.60. The third kappa shape index (κ3) is 5.30. The normalized spacial score (nSPS) is 11.8. The highest BCUT2D eigenvalue weighted by Crippen LogP contribution is 2.29. The van der Waals surface area contributed by atoms with E-state index in [1.54, 1.807) is 19.1 Å². The van der Waals surface area contributed by atoms with E-state index in [-0.39, 0.29) is 27.7 Å². The van der Waals surface area contributed by atoms with Crippen molar-refractivity contribution in [3.05, 3.63) is 52.5 Å². The predicted octanol–water partition coefficient (Wildman–Crippen LogP) is 4.02. The summed E-state index contributed by atoms with van der Waals surface area (Å²) in [7, 11) is 0. The molecule has 27 heavy (non-hydrogen) atoms. The van der Waals surface area contributed by atoms with Crippen LogP contribution in [0.4, 0.5) is 20.2 Å². The lowest BCUT2D eigenvalue weighted by Crippen LogP contribution is -2.30. The SMILES string of the molecule is Cc1cccc(C(=O)OC(C)C(=O)Nc2ccc(OC(F)F)c(Cl)c2)c1N. The Morgan fingerprint density at radius 3 is 2.56 bits per heavy atom. The zero-order valence-corrected chi connectivity index (χ0v) is 15.2. The van der Waals surface area contributed by atoms with E-state index < -0.39 is 24.6 Å². The van der Waals surface area contributed by atoms with Crippen LogP contribution < -0.4 is 15.8 Å². The number of alkyl halides is 2. The maximum Gasteiger partial charge on any atom is 0.387 e. The maximum absolute atomic E-state index is 12.2. The van der Waals surface area contributed by atoms with Gasteiger partial charge in [0, 0.05) is 11.4 Å². The first-order valence-electron chi connectivity index (χ1n) is 7.80. The van der Waals surface area contributed by atoms with Crippen LogP contribution in [0, 0.1) is 6.92 Å². The molecule has 1 amide bonds. The smallest absolute Gasteiger partial charge is 0.387 e. The minimum atomic E-state index is -3.02. The molecule has 0 spiro atoms. The highest BCUT2D eigenvalue weighted by atomic mass is 35.5. The van der Waals surface area contributed by atoms with Crippen LogP contribution in [0.3, 0.4) is 0 Å². The van der Waals surface area contributed by atoms with Gasteiger partial charge < -0.3 is 20.5 Å². The zero-order valence-electron chi connectivity index (χ0n) is 14.5. The number of rotatable bonds is 6. The first kappa shape index (κ1) is 20.4. The molecule has 0 aliphatic carbocycles. The van der Waals surface area contributed by atoms with E-state index in [0.29, 0.717) is 5.56 Å². The number of benzene rings is 2. The summed E-state index contributed by atoms with van der Waals surface area (Å²) in [5.74, 6) is -1.59.